The van der Waals surface area contributed by atoms with Gasteiger partial charge in [-0.15, -0.1) is 0 Å². The third-order valence-corrected chi connectivity index (χ3v) is 6.54. The van der Waals surface area contributed by atoms with Crippen molar-refractivity contribution in [2.45, 2.75) is 26.8 Å². The Labute approximate surface area is 206 Å². The van der Waals surface area contributed by atoms with Crippen LogP contribution in [0.2, 0.25) is 0 Å². The maximum Gasteiger partial charge on any atom is 0.338 e. The van der Waals surface area contributed by atoms with Crippen LogP contribution in [0.4, 0.5) is 0 Å². The number of aromatic nitrogens is 1. The van der Waals surface area contributed by atoms with Gasteiger partial charge in [0.2, 0.25) is 0 Å². The summed E-state index contributed by atoms with van der Waals surface area (Å²) >= 11 is 1.18. The Morgan fingerprint density at radius 1 is 1.17 bits per heavy atom. The van der Waals surface area contributed by atoms with Crippen LogP contribution in [0.3, 0.4) is 0 Å². The van der Waals surface area contributed by atoms with Crippen LogP contribution in [0.25, 0.3) is 6.08 Å². The Morgan fingerprint density at radius 3 is 2.57 bits per heavy atom. The van der Waals surface area contributed by atoms with Gasteiger partial charge in [-0.1, -0.05) is 35.6 Å². The molecular weight excluding hydrogens is 468 g/mol. The molecule has 0 unspecified atom stereocenters. The Kier molecular flexibility index (Phi) is 7.07. The molecule has 1 atom stereocenters. The number of allylic oxidation sites excluding steroid dienone is 1. The zero-order valence-corrected chi connectivity index (χ0v) is 20.7. The van der Waals surface area contributed by atoms with Crippen molar-refractivity contribution in [1.29, 1.82) is 0 Å². The van der Waals surface area contributed by atoms with Crippen LogP contribution in [0, 0.1) is 0 Å². The van der Waals surface area contributed by atoms with E-state index in [9.17, 15) is 14.7 Å². The molecule has 1 aliphatic rings. The number of para-hydroxylation sites is 1. The molecule has 4 rings (SSSR count). The summed E-state index contributed by atoms with van der Waals surface area (Å²) in [5.74, 6) is 0.412. The summed E-state index contributed by atoms with van der Waals surface area (Å²) in [6.07, 6.45) is 1.60. The average Bonchev–Trinajstić information content (AvgIpc) is 3.14. The van der Waals surface area contributed by atoms with Crippen LogP contribution in [-0.4, -0.2) is 36.0 Å². The number of fused-ring (bicyclic) bond motifs is 1. The van der Waals surface area contributed by atoms with E-state index in [1.165, 1.54) is 23.0 Å². The number of aromatic hydroxyl groups is 1. The molecule has 1 aromatic heterocycles. The van der Waals surface area contributed by atoms with Crippen LogP contribution in [-0.2, 0) is 9.53 Å². The van der Waals surface area contributed by atoms with Gasteiger partial charge in [0.15, 0.2) is 16.3 Å². The second-order valence-electron chi connectivity index (χ2n) is 7.70. The first kappa shape index (κ1) is 24.3. The Morgan fingerprint density at radius 2 is 1.91 bits per heavy atom. The quantitative estimate of drug-likeness (QED) is 0.507. The second-order valence-corrected chi connectivity index (χ2v) is 8.71. The van der Waals surface area contributed by atoms with Gasteiger partial charge in [-0.05, 0) is 50.6 Å². The number of rotatable bonds is 7. The van der Waals surface area contributed by atoms with E-state index in [0.717, 1.165) is 5.56 Å². The highest BCUT2D eigenvalue weighted by Crippen LogP contribution is 2.32. The van der Waals surface area contributed by atoms with Crippen molar-refractivity contribution in [3.63, 3.8) is 0 Å². The van der Waals surface area contributed by atoms with E-state index < -0.39 is 12.0 Å². The van der Waals surface area contributed by atoms with Crippen molar-refractivity contribution in [3.8, 4) is 17.2 Å². The smallest absolute Gasteiger partial charge is 0.338 e. The highest BCUT2D eigenvalue weighted by Gasteiger charge is 2.33. The number of esters is 1. The monoisotopic (exact) mass is 494 g/mol. The number of hydrogen-bond donors (Lipinski definition) is 1. The zero-order chi connectivity index (χ0) is 25.1. The van der Waals surface area contributed by atoms with Crippen LogP contribution in [0.15, 0.2) is 63.5 Å². The number of benzene rings is 2. The van der Waals surface area contributed by atoms with E-state index >= 15 is 0 Å². The molecule has 9 heteroatoms. The van der Waals surface area contributed by atoms with Gasteiger partial charge in [0.05, 0.1) is 42.2 Å². The van der Waals surface area contributed by atoms with E-state index in [4.69, 9.17) is 14.2 Å². The first-order valence-electron chi connectivity index (χ1n) is 11.2. The second kappa shape index (κ2) is 10.2. The molecule has 35 heavy (non-hydrogen) atoms. The lowest BCUT2D eigenvalue weighted by molar-refractivity contribution is -0.139. The van der Waals surface area contributed by atoms with Crippen LogP contribution in [0.5, 0.6) is 17.2 Å². The first-order valence-corrected chi connectivity index (χ1v) is 12.0. The predicted octanol–water partition coefficient (Wildman–Crippen LogP) is 2.91. The number of ether oxygens (including phenoxy) is 3. The normalized spacial score (nSPS) is 15.4. The van der Waals surface area contributed by atoms with E-state index in [2.05, 4.69) is 4.99 Å². The molecule has 2 heterocycles. The minimum atomic E-state index is -0.720. The molecule has 0 aliphatic carbocycles. The highest BCUT2D eigenvalue weighted by atomic mass is 32.1. The molecule has 2 aromatic carbocycles. The Balaban J connectivity index is 1.93. The van der Waals surface area contributed by atoms with Crippen LogP contribution in [0.1, 0.15) is 37.9 Å². The van der Waals surface area contributed by atoms with Gasteiger partial charge in [-0.25, -0.2) is 9.79 Å². The molecule has 1 N–H and O–H groups in total. The van der Waals surface area contributed by atoms with E-state index in [1.807, 2.05) is 19.1 Å². The van der Waals surface area contributed by atoms with Crippen molar-refractivity contribution < 1.29 is 24.1 Å². The van der Waals surface area contributed by atoms with E-state index in [-0.39, 0.29) is 17.9 Å². The van der Waals surface area contributed by atoms with Gasteiger partial charge in [0.25, 0.3) is 5.56 Å². The fraction of sp³-hybridized carbons (Fsp3) is 0.269. The molecule has 0 amide bonds. The van der Waals surface area contributed by atoms with Gasteiger partial charge < -0.3 is 19.3 Å². The van der Waals surface area contributed by atoms with Crippen LogP contribution < -0.4 is 24.4 Å². The zero-order valence-electron chi connectivity index (χ0n) is 19.9. The van der Waals surface area contributed by atoms with Crippen molar-refractivity contribution >= 4 is 23.4 Å². The standard InChI is InChI=1S/C26H26N2O6S/c1-5-33-18-12-10-16(11-13-18)22-21(25(31)34-6-2)15(3)27-26-28(22)24(30)20(35-26)14-17-8-7-9-19(32-4)23(17)29/h7-14,22,29H,5-6H2,1-4H3/b20-14-/t22-/m1/s1. The number of thiazole rings is 1. The molecule has 182 valence electrons. The number of carbonyl (C=O) groups is 1. The molecular formula is C26H26N2O6S. The summed E-state index contributed by atoms with van der Waals surface area (Å²) in [6, 6.07) is 11.6. The van der Waals surface area contributed by atoms with Crippen molar-refractivity contribution in [1.82, 2.24) is 4.57 Å². The average molecular weight is 495 g/mol. The molecule has 0 spiro atoms. The third kappa shape index (κ3) is 4.59. The van der Waals surface area contributed by atoms with Gasteiger partial charge >= 0.3 is 5.97 Å². The Hall–Kier alpha value is -3.85. The van der Waals surface area contributed by atoms with E-state index in [1.54, 1.807) is 50.3 Å². The lowest BCUT2D eigenvalue weighted by atomic mass is 9.96. The summed E-state index contributed by atoms with van der Waals surface area (Å²) in [5.41, 5.74) is 1.62. The third-order valence-electron chi connectivity index (χ3n) is 5.56. The molecule has 8 nitrogen and oxygen atoms in total. The number of phenols is 1. The molecule has 0 bridgehead atoms. The number of phenolic OH excluding ortho intramolecular Hbond substituents is 1. The largest absolute Gasteiger partial charge is 0.504 e. The molecule has 0 saturated heterocycles. The van der Waals surface area contributed by atoms with Gasteiger partial charge in [0.1, 0.15) is 5.75 Å². The molecule has 3 aromatic rings. The summed E-state index contributed by atoms with van der Waals surface area (Å²) in [7, 11) is 1.46. The number of carbonyl (C=O) groups excluding carboxylic acids is 1. The predicted molar refractivity (Wildman–Crippen MR) is 133 cm³/mol. The molecule has 1 aliphatic heterocycles. The number of hydrogen-bond acceptors (Lipinski definition) is 8. The minimum absolute atomic E-state index is 0.0627. The van der Waals surface area contributed by atoms with Gasteiger partial charge in [-0.3, -0.25) is 9.36 Å². The number of methoxy groups -OCH3 is 1. The molecule has 0 fully saturated rings. The minimum Gasteiger partial charge on any atom is -0.504 e. The Bertz CT molecular complexity index is 1470. The fourth-order valence-corrected chi connectivity index (χ4v) is 5.02. The fourth-order valence-electron chi connectivity index (χ4n) is 3.98. The molecule has 0 saturated carbocycles. The first-order chi connectivity index (χ1) is 16.9. The maximum atomic E-state index is 13.6. The van der Waals surface area contributed by atoms with Gasteiger partial charge in [0, 0.05) is 5.56 Å². The lowest BCUT2D eigenvalue weighted by Crippen LogP contribution is -2.39. The van der Waals surface area contributed by atoms with Gasteiger partial charge in [-0.2, -0.15) is 0 Å². The van der Waals surface area contributed by atoms with E-state index in [0.29, 0.717) is 44.3 Å². The van der Waals surface area contributed by atoms with Crippen LogP contribution >= 0.6 is 11.3 Å². The SMILES string of the molecule is CCOC(=O)C1=C(C)N=c2s/c(=C\c3cccc(OC)c3O)c(=O)n2[C@@H]1c1ccc(OCC)cc1. The molecule has 0 radical (unpaired) electrons. The summed E-state index contributed by atoms with van der Waals surface area (Å²) < 4.78 is 17.9. The lowest BCUT2D eigenvalue weighted by Gasteiger charge is -2.24. The summed E-state index contributed by atoms with van der Waals surface area (Å²) in [6.45, 7) is 6.09. The highest BCUT2D eigenvalue weighted by molar-refractivity contribution is 7.07. The topological polar surface area (TPSA) is 99.4 Å². The van der Waals surface area contributed by atoms with Crippen molar-refractivity contribution in [2.75, 3.05) is 20.3 Å². The summed E-state index contributed by atoms with van der Waals surface area (Å²) in [4.78, 5) is 31.6. The van der Waals surface area contributed by atoms with Crippen molar-refractivity contribution in [3.05, 3.63) is 84.5 Å². The number of nitrogens with zero attached hydrogens (tertiary/aromatic N) is 2. The van der Waals surface area contributed by atoms with Crippen molar-refractivity contribution in [2.24, 2.45) is 4.99 Å². The maximum absolute atomic E-state index is 13.6. The summed E-state index contributed by atoms with van der Waals surface area (Å²) in [5, 5.41) is 10.5.